The minimum atomic E-state index is -4.98. The summed E-state index contributed by atoms with van der Waals surface area (Å²) in [6, 6.07) is 5.28. The maximum atomic E-state index is 13.5. The van der Waals surface area contributed by atoms with Gasteiger partial charge in [0, 0.05) is 13.1 Å². The van der Waals surface area contributed by atoms with E-state index in [0.29, 0.717) is 0 Å². The van der Waals surface area contributed by atoms with Gasteiger partial charge in [-0.25, -0.2) is 4.39 Å². The molecule has 24 heavy (non-hydrogen) atoms. The van der Waals surface area contributed by atoms with Gasteiger partial charge in [-0.15, -0.1) is 0 Å². The molecule has 0 bridgehead atoms. The lowest BCUT2D eigenvalue weighted by atomic mass is 9.86. The Morgan fingerprint density at radius 3 is 2.46 bits per heavy atom. The van der Waals surface area contributed by atoms with Crippen LogP contribution in [0, 0.1) is 11.2 Å². The highest BCUT2D eigenvalue weighted by Gasteiger charge is 2.64. The van der Waals surface area contributed by atoms with E-state index in [1.54, 1.807) is 0 Å². The van der Waals surface area contributed by atoms with E-state index in [4.69, 9.17) is 9.84 Å². The summed E-state index contributed by atoms with van der Waals surface area (Å²) in [6.45, 7) is -0.0889. The van der Waals surface area contributed by atoms with E-state index in [9.17, 15) is 27.2 Å². The zero-order valence-corrected chi connectivity index (χ0v) is 12.6. The van der Waals surface area contributed by atoms with Crippen molar-refractivity contribution < 1.29 is 37.0 Å². The molecule has 0 aromatic heterocycles. The first-order valence-electron chi connectivity index (χ1n) is 7.08. The summed E-state index contributed by atoms with van der Waals surface area (Å²) >= 11 is 0. The minimum Gasteiger partial charge on any atom is -0.481 e. The molecule has 1 fully saturated rings. The van der Waals surface area contributed by atoms with Gasteiger partial charge < -0.3 is 14.7 Å². The van der Waals surface area contributed by atoms with Crippen LogP contribution in [0.1, 0.15) is 13.3 Å². The van der Waals surface area contributed by atoms with Crippen LogP contribution in [0.25, 0.3) is 0 Å². The lowest BCUT2D eigenvalue weighted by Gasteiger charge is -2.28. The summed E-state index contributed by atoms with van der Waals surface area (Å²) < 4.78 is 58.0. The summed E-state index contributed by atoms with van der Waals surface area (Å²) in [5.41, 5.74) is -2.99. The average Bonchev–Trinajstić information content (AvgIpc) is 2.95. The quantitative estimate of drug-likeness (QED) is 0.848. The molecule has 5 nitrogen and oxygen atoms in total. The van der Waals surface area contributed by atoms with Gasteiger partial charge >= 0.3 is 12.1 Å². The molecule has 2 rings (SSSR count). The van der Waals surface area contributed by atoms with Crippen molar-refractivity contribution >= 4 is 11.9 Å². The second kappa shape index (κ2) is 6.29. The smallest absolute Gasteiger partial charge is 0.406 e. The van der Waals surface area contributed by atoms with Crippen molar-refractivity contribution in [3.8, 4) is 5.75 Å². The molecule has 1 N–H and O–H groups in total. The molecule has 132 valence electrons. The van der Waals surface area contributed by atoms with Crippen LogP contribution >= 0.6 is 0 Å². The van der Waals surface area contributed by atoms with Crippen LogP contribution in [0.5, 0.6) is 5.75 Å². The molecule has 0 saturated carbocycles. The normalized spacial score (nSPS) is 22.3. The molecule has 2 unspecified atom stereocenters. The molecule has 0 spiro atoms. The third kappa shape index (κ3) is 3.15. The Balaban J connectivity index is 2.11. The zero-order valence-electron chi connectivity index (χ0n) is 12.6. The number of ether oxygens (including phenoxy) is 1. The van der Waals surface area contributed by atoms with Gasteiger partial charge in [0.25, 0.3) is 5.91 Å². The number of carbonyl (C=O) groups excluding carboxylic acids is 1. The zero-order chi connectivity index (χ0) is 18.1. The number of para-hydroxylation sites is 1. The third-order valence-electron chi connectivity index (χ3n) is 4.02. The van der Waals surface area contributed by atoms with Crippen molar-refractivity contribution in [1.29, 1.82) is 0 Å². The summed E-state index contributed by atoms with van der Waals surface area (Å²) in [5.74, 6) is -3.77. The van der Waals surface area contributed by atoms with E-state index in [1.807, 2.05) is 0 Å². The Hall–Kier alpha value is -2.32. The molecule has 0 aliphatic carbocycles. The van der Waals surface area contributed by atoms with E-state index in [1.165, 1.54) is 25.1 Å². The van der Waals surface area contributed by atoms with Gasteiger partial charge in [0.05, 0.1) is 0 Å². The Morgan fingerprint density at radius 2 is 1.96 bits per heavy atom. The van der Waals surface area contributed by atoms with Crippen LogP contribution in [-0.2, 0) is 9.59 Å². The van der Waals surface area contributed by atoms with Crippen molar-refractivity contribution in [1.82, 2.24) is 4.90 Å². The molecule has 0 radical (unpaired) electrons. The number of benzene rings is 1. The number of halogens is 4. The van der Waals surface area contributed by atoms with Gasteiger partial charge in [0.1, 0.15) is 0 Å². The number of carboxylic acid groups (broad SMARTS) is 1. The van der Waals surface area contributed by atoms with Gasteiger partial charge in [-0.1, -0.05) is 12.1 Å². The molecule has 1 heterocycles. The number of hydrogen-bond donors (Lipinski definition) is 1. The van der Waals surface area contributed by atoms with E-state index >= 15 is 0 Å². The maximum Gasteiger partial charge on any atom is 0.406 e. The number of rotatable bonds is 4. The summed E-state index contributed by atoms with van der Waals surface area (Å²) in [6.07, 6.45) is -6.97. The lowest BCUT2D eigenvalue weighted by Crippen LogP contribution is -2.49. The molecule has 9 heteroatoms. The van der Waals surface area contributed by atoms with Gasteiger partial charge in [-0.05, 0) is 25.5 Å². The molecule has 1 aromatic rings. The molecule has 1 aliphatic rings. The standard InChI is InChI=1S/C15H15F4NO4/c1-9(24-11-5-3-2-4-10(11)16)12(21)20-7-6-14(8-20,13(22)23)15(17,18)19/h2-5,9H,6-8H2,1H3,(H,22,23). The summed E-state index contributed by atoms with van der Waals surface area (Å²) in [5, 5.41) is 8.97. The van der Waals surface area contributed by atoms with Crippen LogP contribution in [0.3, 0.4) is 0 Å². The number of amides is 1. The first-order valence-corrected chi connectivity index (χ1v) is 7.08. The van der Waals surface area contributed by atoms with Gasteiger partial charge in [0.2, 0.25) is 0 Å². The lowest BCUT2D eigenvalue weighted by molar-refractivity contribution is -0.227. The molecule has 1 aromatic carbocycles. The van der Waals surface area contributed by atoms with Gasteiger partial charge in [-0.3, -0.25) is 9.59 Å². The number of nitrogens with zero attached hydrogens (tertiary/aromatic N) is 1. The molecule has 1 aliphatic heterocycles. The summed E-state index contributed by atoms with van der Waals surface area (Å²) in [7, 11) is 0. The second-order valence-electron chi connectivity index (χ2n) is 5.59. The molecule has 2 atom stereocenters. The Bertz CT molecular complexity index is 649. The van der Waals surface area contributed by atoms with Gasteiger partial charge in [-0.2, -0.15) is 13.2 Å². The predicted molar refractivity (Wildman–Crippen MR) is 73.8 cm³/mol. The van der Waals surface area contributed by atoms with Crippen molar-refractivity contribution in [2.45, 2.75) is 25.6 Å². The Kier molecular flexibility index (Phi) is 4.73. The number of likely N-dealkylation sites (tertiary alicyclic amines) is 1. The highest BCUT2D eigenvalue weighted by Crippen LogP contribution is 2.45. The largest absolute Gasteiger partial charge is 0.481 e. The van der Waals surface area contributed by atoms with Crippen LogP contribution in [0.15, 0.2) is 24.3 Å². The Labute approximate surface area is 134 Å². The van der Waals surface area contributed by atoms with E-state index < -0.39 is 48.4 Å². The number of aliphatic carboxylic acids is 1. The Morgan fingerprint density at radius 1 is 1.33 bits per heavy atom. The molecule has 1 amide bonds. The predicted octanol–water partition coefficient (Wildman–Crippen LogP) is 2.46. The number of alkyl halides is 3. The van der Waals surface area contributed by atoms with Crippen LogP contribution in [0.2, 0.25) is 0 Å². The SMILES string of the molecule is CC(Oc1ccccc1F)C(=O)N1CCC(C(=O)O)(C(F)(F)F)C1. The monoisotopic (exact) mass is 349 g/mol. The van der Waals surface area contributed by atoms with Crippen LogP contribution < -0.4 is 4.74 Å². The summed E-state index contributed by atoms with van der Waals surface area (Å²) in [4.78, 5) is 24.1. The van der Waals surface area contributed by atoms with E-state index in [-0.39, 0.29) is 12.3 Å². The van der Waals surface area contributed by atoms with Gasteiger partial charge in [0.15, 0.2) is 23.1 Å². The highest BCUT2D eigenvalue weighted by molar-refractivity contribution is 5.84. The maximum absolute atomic E-state index is 13.5. The minimum absolute atomic E-state index is 0.210. The first kappa shape index (κ1) is 18.0. The fourth-order valence-electron chi connectivity index (χ4n) is 2.56. The van der Waals surface area contributed by atoms with Crippen molar-refractivity contribution in [2.75, 3.05) is 13.1 Å². The van der Waals surface area contributed by atoms with Crippen molar-refractivity contribution in [3.05, 3.63) is 30.1 Å². The first-order chi connectivity index (χ1) is 11.1. The van der Waals surface area contributed by atoms with E-state index in [0.717, 1.165) is 11.0 Å². The fourth-order valence-corrected chi connectivity index (χ4v) is 2.56. The average molecular weight is 349 g/mol. The van der Waals surface area contributed by atoms with Crippen LogP contribution in [-0.4, -0.2) is 47.3 Å². The number of hydrogen-bond acceptors (Lipinski definition) is 3. The van der Waals surface area contributed by atoms with Crippen molar-refractivity contribution in [3.63, 3.8) is 0 Å². The second-order valence-corrected chi connectivity index (χ2v) is 5.59. The fraction of sp³-hybridized carbons (Fsp3) is 0.467. The number of carbonyl (C=O) groups is 2. The van der Waals surface area contributed by atoms with Crippen molar-refractivity contribution in [2.24, 2.45) is 5.41 Å². The molecule has 1 saturated heterocycles. The van der Waals surface area contributed by atoms with E-state index in [2.05, 4.69) is 0 Å². The topological polar surface area (TPSA) is 66.8 Å². The highest BCUT2D eigenvalue weighted by atomic mass is 19.4. The molecular weight excluding hydrogens is 334 g/mol. The third-order valence-corrected chi connectivity index (χ3v) is 4.02. The molecular formula is C15H15F4NO4. The van der Waals surface area contributed by atoms with Crippen LogP contribution in [0.4, 0.5) is 17.6 Å². The number of carboxylic acids is 1.